The maximum absolute atomic E-state index is 12.2. The summed E-state index contributed by atoms with van der Waals surface area (Å²) in [4.78, 5) is 180. The van der Waals surface area contributed by atoms with Crippen LogP contribution < -0.4 is 4.72 Å². The number of fused-ring (bicyclic) bond motifs is 9. The van der Waals surface area contributed by atoms with E-state index in [1.54, 1.807) is 175 Å². The van der Waals surface area contributed by atoms with Crippen LogP contribution in [0, 0.1) is 171 Å². The molecule has 0 radical (unpaired) electrons. The van der Waals surface area contributed by atoms with Crippen LogP contribution in [0.4, 0.5) is 0 Å². The summed E-state index contributed by atoms with van der Waals surface area (Å²) < 4.78 is 60.3. The second-order valence-electron chi connectivity index (χ2n) is 46.5. The molecule has 11 fully saturated rings. The highest BCUT2D eigenvalue weighted by atomic mass is 32.2. The molecular formula is C106H181NO33S2. The van der Waals surface area contributed by atoms with Crippen molar-refractivity contribution in [2.24, 2.45) is 171 Å². The van der Waals surface area contributed by atoms with Gasteiger partial charge in [-0.1, -0.05) is 171 Å². The zero-order valence-electron chi connectivity index (χ0n) is 91.6. The number of amides is 1. The van der Waals surface area contributed by atoms with E-state index in [9.17, 15) is 85.1 Å². The van der Waals surface area contributed by atoms with Crippen LogP contribution in [0.3, 0.4) is 0 Å². The third-order valence-electron chi connectivity index (χ3n) is 31.0. The summed E-state index contributed by atoms with van der Waals surface area (Å²) in [6.45, 7) is 57.9. The Hall–Kier alpha value is -8.02. The molecule has 0 spiro atoms. The Labute approximate surface area is 849 Å². The molecule has 142 heavy (non-hydrogen) atoms. The lowest BCUT2D eigenvalue weighted by Gasteiger charge is -2.53. The number of rotatable bonds is 29. The number of carboxylic acids is 7. The Morgan fingerprint density at radius 3 is 0.965 bits per heavy atom. The molecule has 26 atom stereocenters. The predicted octanol–water partition coefficient (Wildman–Crippen LogP) is 18.1. The number of thioether (sulfide) groups is 1. The molecule has 9 N–H and O–H groups in total. The number of aliphatic carboxylic acids is 7. The van der Waals surface area contributed by atoms with E-state index in [1.807, 2.05) is 41.5 Å². The number of carboxylic acid groups (broad SMARTS) is 7. The number of aliphatic hydroxyl groups excluding tert-OH is 1. The maximum Gasteiger partial charge on any atom is 0.310 e. The average Bonchev–Trinajstić information content (AvgIpc) is 1.56. The van der Waals surface area contributed by atoms with Crippen molar-refractivity contribution in [2.75, 3.05) is 19.5 Å². The second-order valence-corrected chi connectivity index (χ2v) is 50.1. The largest absolute Gasteiger partial charge is 0.481 e. The van der Waals surface area contributed by atoms with E-state index in [-0.39, 0.29) is 94.0 Å². The van der Waals surface area contributed by atoms with Crippen molar-refractivity contribution >= 4 is 116 Å². The van der Waals surface area contributed by atoms with Crippen LogP contribution >= 0.6 is 11.8 Å². The fourth-order valence-electron chi connectivity index (χ4n) is 20.0. The minimum atomic E-state index is -3.62. The Kier molecular flexibility index (Phi) is 53.3. The molecule has 10 bridgehead atoms. The third-order valence-corrected chi connectivity index (χ3v) is 32.7. The topological polar surface area (TPSA) is 546 Å². The van der Waals surface area contributed by atoms with Crippen molar-refractivity contribution in [2.45, 2.75) is 384 Å². The molecule has 820 valence electrons. The fourth-order valence-corrected chi connectivity index (χ4v) is 21.5. The first kappa shape index (κ1) is 132. The van der Waals surface area contributed by atoms with Gasteiger partial charge in [-0.15, -0.1) is 0 Å². The minimum Gasteiger partial charge on any atom is -0.481 e. The summed E-state index contributed by atoms with van der Waals surface area (Å²) in [5, 5.41) is 68.3. The molecule has 11 aliphatic carbocycles. The summed E-state index contributed by atoms with van der Waals surface area (Å²) in [5.41, 5.74) is -1.37. The van der Waals surface area contributed by atoms with E-state index in [4.69, 9.17) is 69.3 Å². The number of aliphatic hydroxyl groups is 1. The zero-order chi connectivity index (χ0) is 111. The van der Waals surface area contributed by atoms with Crippen LogP contribution in [0.5, 0.6) is 0 Å². The molecule has 26 unspecified atom stereocenters. The van der Waals surface area contributed by atoms with Gasteiger partial charge in [0, 0.05) is 28.6 Å². The SMILES string of the molecule is C1CC2C3CCC(C3)C2C1.CC(C(=O)O)C(C)C(=O)NS(C)(=O)=O.CC(C(=O)O)C(C)C(=O)O.CC(C(=O)O)C(C)C(=O)OC1C2CC3CC(C2)CC1C3.CC(C(=O)O)C(C)C(=O)OC1CC2CCC1(C)C2(C)C.CC(C(=O)O)C(C)C(=O)OC1CC2CCC1C2.CC(C(=O)OC(C)(C)C)C(C)C(=O)OC(C)(C)C.CC(C(=O)OC(C)(C)C)C(C)C(=O)SC(C)(C)C.CCO.CCOC(=O)C(C)C(C)C(=O)O. The highest BCUT2D eigenvalue weighted by Crippen LogP contribution is 2.66. The highest BCUT2D eigenvalue weighted by Gasteiger charge is 2.63. The molecule has 11 saturated carbocycles. The summed E-state index contributed by atoms with van der Waals surface area (Å²) in [6.07, 6.45) is 24.4. The van der Waals surface area contributed by atoms with E-state index in [0.29, 0.717) is 23.7 Å². The Bertz CT molecular complexity index is 4100. The van der Waals surface area contributed by atoms with Crippen molar-refractivity contribution in [3.63, 3.8) is 0 Å². The average molecular weight is 2060 g/mol. The van der Waals surface area contributed by atoms with Crippen LogP contribution in [0.25, 0.3) is 0 Å². The number of hydrogen-bond acceptors (Lipinski definition) is 27. The van der Waals surface area contributed by atoms with Gasteiger partial charge < -0.3 is 74.0 Å². The number of carbonyl (C=O) groups is 16. The van der Waals surface area contributed by atoms with Gasteiger partial charge in [-0.25, -0.2) is 8.42 Å². The van der Waals surface area contributed by atoms with Crippen molar-refractivity contribution in [3.8, 4) is 0 Å². The zero-order valence-corrected chi connectivity index (χ0v) is 93.2. The molecule has 0 saturated heterocycles. The van der Waals surface area contributed by atoms with Crippen LogP contribution in [0.1, 0.15) is 344 Å². The lowest BCUT2D eigenvalue weighted by molar-refractivity contribution is -0.178. The number of hydrogen-bond donors (Lipinski definition) is 9. The van der Waals surface area contributed by atoms with E-state index < -0.39 is 169 Å². The number of carbonyl (C=O) groups excluding carboxylic acids is 9. The van der Waals surface area contributed by atoms with Gasteiger partial charge in [-0.3, -0.25) is 81.4 Å². The summed E-state index contributed by atoms with van der Waals surface area (Å²) in [7, 11) is -3.62. The summed E-state index contributed by atoms with van der Waals surface area (Å²) >= 11 is 1.28. The maximum atomic E-state index is 12.2. The van der Waals surface area contributed by atoms with Gasteiger partial charge in [-0.05, 0) is 256 Å². The normalized spacial score (nSPS) is 27.3. The molecule has 0 aromatic carbocycles. The molecule has 0 aromatic rings. The summed E-state index contributed by atoms with van der Waals surface area (Å²) in [5.74, 6) is -11.3. The molecule has 0 aliphatic heterocycles. The van der Waals surface area contributed by atoms with Crippen LogP contribution in [0.15, 0.2) is 0 Å². The quantitative estimate of drug-likeness (QED) is 0.0248. The monoisotopic (exact) mass is 2060 g/mol. The molecule has 11 rings (SSSR count). The van der Waals surface area contributed by atoms with Gasteiger partial charge in [0.25, 0.3) is 0 Å². The first-order valence-corrected chi connectivity index (χ1v) is 53.8. The van der Waals surface area contributed by atoms with E-state index >= 15 is 0 Å². The van der Waals surface area contributed by atoms with E-state index in [0.717, 1.165) is 49.7 Å². The lowest BCUT2D eigenvalue weighted by Crippen LogP contribution is -2.50. The second kappa shape index (κ2) is 57.3. The number of esters is 7. The van der Waals surface area contributed by atoms with Gasteiger partial charge in [0.2, 0.25) is 15.9 Å². The lowest BCUT2D eigenvalue weighted by atomic mass is 9.55. The number of ether oxygens (including phenoxy) is 7. The Morgan fingerprint density at radius 2 is 0.669 bits per heavy atom. The predicted molar refractivity (Wildman–Crippen MR) is 535 cm³/mol. The van der Waals surface area contributed by atoms with Gasteiger partial charge >= 0.3 is 83.6 Å². The minimum absolute atomic E-state index is 0.0273. The Balaban J connectivity index is 0.000000803. The highest BCUT2D eigenvalue weighted by molar-refractivity contribution is 8.14. The van der Waals surface area contributed by atoms with Crippen molar-refractivity contribution in [1.29, 1.82) is 0 Å². The van der Waals surface area contributed by atoms with Gasteiger partial charge in [0.1, 0.15) is 35.1 Å². The molecule has 0 aromatic heterocycles. The fraction of sp³-hybridized carbons (Fsp3) is 0.849. The molecule has 34 nitrogen and oxygen atoms in total. The first-order valence-electron chi connectivity index (χ1n) is 51.1. The molecule has 0 heterocycles. The molecule has 11 aliphatic rings. The molecular weight excluding hydrogens is 1880 g/mol. The van der Waals surface area contributed by atoms with E-state index in [2.05, 4.69) is 25.5 Å². The van der Waals surface area contributed by atoms with Crippen LogP contribution in [-0.4, -0.2) is 203 Å². The van der Waals surface area contributed by atoms with Crippen molar-refractivity contribution in [1.82, 2.24) is 4.72 Å². The van der Waals surface area contributed by atoms with Crippen molar-refractivity contribution < 1.29 is 159 Å². The van der Waals surface area contributed by atoms with Gasteiger partial charge in [0.15, 0.2) is 5.12 Å². The standard InChI is InChI=1S/C16H24O4.C16H26O4.C14H26O4.C14H26O3S.C13H20O4.C10H16.C8H14O4.C7H13NO5S.C6H10O4.C2H6O/c1-8(15(17)18)9(2)16(19)20-14-12-4-10-3-11(6-12)7-13(14)5-10;1-9(13(17)18)10(2)14(19)20-12-8-11-6-7-16(12,5)15(11,3)4;2*1-9(11(15)17-13(3,4)5)10(2)12(16)18-14(6,7)8;1-7(12(14)15)8(2)13(16)17-11-6-9-3-4-10(11)5-9;1-2-9-7-4-5-8(6-7)10(9)3-1;1-4-12-8(11)6(3)5(2)7(9)10;1-4(5(2)7(10)11)6(9)8-14(3,12)13;1-3(5(7)8)4(2)6(9)10;1-2-3/h8-14H,3-7H2,1-2H3,(H,17,18);9-12H,6-8H2,1-5H3,(H,17,18);2*9-10H,1-8H3;7-11H,3-6H2,1-2H3,(H,14,15);7-10H,1-6H2;5-6H,4H2,1-3H3,(H,9,10);4-5H,1-3H3,(H,8,9)(H,10,11);3-4H,1-2H3,(H,7,8)(H,9,10);3H,2H2,1H3. The van der Waals surface area contributed by atoms with Crippen LogP contribution in [0.2, 0.25) is 0 Å². The first-order chi connectivity index (χ1) is 64.7. The number of nitrogens with one attached hydrogen (secondary N) is 1. The van der Waals surface area contributed by atoms with Gasteiger partial charge in [0.05, 0.1) is 95.7 Å². The molecule has 36 heteroatoms. The van der Waals surface area contributed by atoms with Gasteiger partial charge in [-0.2, -0.15) is 0 Å². The summed E-state index contributed by atoms with van der Waals surface area (Å²) in [6, 6.07) is 0. The Morgan fingerprint density at radius 1 is 0.359 bits per heavy atom. The number of sulfonamides is 1. The smallest absolute Gasteiger partial charge is 0.310 e. The van der Waals surface area contributed by atoms with Crippen molar-refractivity contribution in [3.05, 3.63) is 0 Å². The third kappa shape index (κ3) is 42.4. The molecule has 1 amide bonds. The van der Waals surface area contributed by atoms with Crippen LogP contribution in [-0.2, 0) is 120 Å². The van der Waals surface area contributed by atoms with E-state index in [1.165, 1.54) is 121 Å².